The van der Waals surface area contributed by atoms with Gasteiger partial charge in [-0.25, -0.2) is 4.98 Å². The first-order valence-corrected chi connectivity index (χ1v) is 10.6. The summed E-state index contributed by atoms with van der Waals surface area (Å²) >= 11 is 6.39. The van der Waals surface area contributed by atoms with E-state index in [9.17, 15) is 4.79 Å². The van der Waals surface area contributed by atoms with Gasteiger partial charge in [-0.05, 0) is 48.7 Å². The van der Waals surface area contributed by atoms with Crippen molar-refractivity contribution in [2.75, 3.05) is 6.54 Å². The number of rotatable bonds is 9. The monoisotopic (exact) mass is 421 g/mol. The predicted octanol–water partition coefficient (Wildman–Crippen LogP) is 5.47. The summed E-state index contributed by atoms with van der Waals surface area (Å²) in [6.45, 7) is 1.34. The number of aromatic nitrogens is 2. The number of halogens is 1. The van der Waals surface area contributed by atoms with E-state index < -0.39 is 0 Å². The smallest absolute Gasteiger partial charge is 0.286 e. The molecule has 0 aliphatic rings. The SMILES string of the molecule is O=C(NCCCCCc1nc2ccccc2n1Cc1ccccc1Cl)c1ccco1. The maximum Gasteiger partial charge on any atom is 0.286 e. The quantitative estimate of drug-likeness (QED) is 0.364. The van der Waals surface area contributed by atoms with Crippen molar-refractivity contribution in [3.05, 3.63) is 89.1 Å². The molecule has 0 aliphatic heterocycles. The fourth-order valence-corrected chi connectivity index (χ4v) is 3.77. The Labute approximate surface area is 180 Å². The second kappa shape index (κ2) is 9.63. The standard InChI is InChI=1S/C24H24ClN3O2/c25-19-10-4-3-9-18(19)17-28-21-12-6-5-11-20(21)27-23(28)14-2-1-7-15-26-24(29)22-13-8-16-30-22/h3-6,8-13,16H,1-2,7,14-15,17H2,(H,26,29). The van der Waals surface area contributed by atoms with Crippen LogP contribution in [0.15, 0.2) is 71.3 Å². The van der Waals surface area contributed by atoms with Crippen LogP contribution in [0.25, 0.3) is 11.0 Å². The van der Waals surface area contributed by atoms with Crippen molar-refractivity contribution in [2.45, 2.75) is 32.2 Å². The van der Waals surface area contributed by atoms with E-state index in [1.807, 2.05) is 36.4 Å². The number of hydrogen-bond acceptors (Lipinski definition) is 3. The normalized spacial score (nSPS) is 11.1. The largest absolute Gasteiger partial charge is 0.459 e. The minimum Gasteiger partial charge on any atom is -0.459 e. The Morgan fingerprint density at radius 2 is 1.83 bits per heavy atom. The van der Waals surface area contributed by atoms with Gasteiger partial charge in [-0.2, -0.15) is 0 Å². The van der Waals surface area contributed by atoms with Crippen LogP contribution in [-0.2, 0) is 13.0 Å². The average Bonchev–Trinajstić information content (AvgIpc) is 3.41. The predicted molar refractivity (Wildman–Crippen MR) is 119 cm³/mol. The Hall–Kier alpha value is -3.05. The Balaban J connectivity index is 1.35. The van der Waals surface area contributed by atoms with E-state index in [0.717, 1.165) is 53.1 Å². The summed E-state index contributed by atoms with van der Waals surface area (Å²) in [6, 6.07) is 19.5. The summed E-state index contributed by atoms with van der Waals surface area (Å²) in [7, 11) is 0. The van der Waals surface area contributed by atoms with E-state index in [0.29, 0.717) is 18.8 Å². The molecule has 4 aromatic rings. The number of carbonyl (C=O) groups is 1. The van der Waals surface area contributed by atoms with Crippen LogP contribution in [0.4, 0.5) is 0 Å². The second-order valence-electron chi connectivity index (χ2n) is 7.24. The molecule has 0 radical (unpaired) electrons. The minimum atomic E-state index is -0.165. The van der Waals surface area contributed by atoms with E-state index in [2.05, 4.69) is 22.0 Å². The van der Waals surface area contributed by atoms with Gasteiger partial charge in [-0.1, -0.05) is 48.4 Å². The topological polar surface area (TPSA) is 60.1 Å². The zero-order valence-electron chi connectivity index (χ0n) is 16.7. The first kappa shape index (κ1) is 20.2. The number of furan rings is 1. The molecule has 0 bridgehead atoms. The van der Waals surface area contributed by atoms with Gasteiger partial charge in [-0.15, -0.1) is 0 Å². The number of imidazole rings is 1. The lowest BCUT2D eigenvalue weighted by Crippen LogP contribution is -2.23. The van der Waals surface area contributed by atoms with Crippen LogP contribution in [0.5, 0.6) is 0 Å². The number of unbranched alkanes of at least 4 members (excludes halogenated alkanes) is 2. The van der Waals surface area contributed by atoms with Crippen molar-refractivity contribution in [3.8, 4) is 0 Å². The summed E-state index contributed by atoms with van der Waals surface area (Å²) < 4.78 is 7.36. The molecule has 0 atom stereocenters. The third-order valence-corrected chi connectivity index (χ3v) is 5.50. The number of aryl methyl sites for hydroxylation is 1. The van der Waals surface area contributed by atoms with Crippen molar-refractivity contribution >= 4 is 28.5 Å². The van der Waals surface area contributed by atoms with E-state index >= 15 is 0 Å². The molecule has 0 unspecified atom stereocenters. The van der Waals surface area contributed by atoms with E-state index in [1.54, 1.807) is 12.1 Å². The Kier molecular flexibility index (Phi) is 6.50. The molecule has 0 saturated carbocycles. The van der Waals surface area contributed by atoms with Crippen LogP contribution in [-0.4, -0.2) is 22.0 Å². The first-order chi connectivity index (χ1) is 14.7. The second-order valence-corrected chi connectivity index (χ2v) is 7.65. The molecule has 1 amide bonds. The van der Waals surface area contributed by atoms with E-state index in [4.69, 9.17) is 21.0 Å². The number of fused-ring (bicyclic) bond motifs is 1. The first-order valence-electron chi connectivity index (χ1n) is 10.2. The van der Waals surface area contributed by atoms with Crippen molar-refractivity contribution in [1.29, 1.82) is 0 Å². The number of carbonyl (C=O) groups excluding carboxylic acids is 1. The Morgan fingerprint density at radius 1 is 1.00 bits per heavy atom. The molecule has 5 nitrogen and oxygen atoms in total. The van der Waals surface area contributed by atoms with Gasteiger partial charge in [0.2, 0.25) is 0 Å². The highest BCUT2D eigenvalue weighted by molar-refractivity contribution is 6.31. The lowest BCUT2D eigenvalue weighted by atomic mass is 10.1. The van der Waals surface area contributed by atoms with Gasteiger partial charge in [0.1, 0.15) is 5.82 Å². The van der Waals surface area contributed by atoms with Crippen LogP contribution < -0.4 is 5.32 Å². The highest BCUT2D eigenvalue weighted by Gasteiger charge is 2.12. The van der Waals surface area contributed by atoms with Gasteiger partial charge in [0, 0.05) is 18.0 Å². The number of hydrogen-bond donors (Lipinski definition) is 1. The summed E-state index contributed by atoms with van der Waals surface area (Å²) in [5.41, 5.74) is 3.22. The molecule has 30 heavy (non-hydrogen) atoms. The summed E-state index contributed by atoms with van der Waals surface area (Å²) in [5.74, 6) is 1.25. The number of nitrogens with one attached hydrogen (secondary N) is 1. The molecule has 4 rings (SSSR count). The van der Waals surface area contributed by atoms with Crippen molar-refractivity contribution in [3.63, 3.8) is 0 Å². The zero-order chi connectivity index (χ0) is 20.8. The molecule has 0 spiro atoms. The number of amides is 1. The van der Waals surface area contributed by atoms with Crippen molar-refractivity contribution in [2.24, 2.45) is 0 Å². The Bertz CT molecular complexity index is 1120. The van der Waals surface area contributed by atoms with Crippen LogP contribution in [0.2, 0.25) is 5.02 Å². The molecule has 0 saturated heterocycles. The fraction of sp³-hybridized carbons (Fsp3) is 0.250. The average molecular weight is 422 g/mol. The summed E-state index contributed by atoms with van der Waals surface area (Å²) in [6.07, 6.45) is 5.31. The highest BCUT2D eigenvalue weighted by atomic mass is 35.5. The number of nitrogens with zero attached hydrogens (tertiary/aromatic N) is 2. The fourth-order valence-electron chi connectivity index (χ4n) is 3.57. The lowest BCUT2D eigenvalue weighted by molar-refractivity contribution is 0.0925. The van der Waals surface area contributed by atoms with Gasteiger partial charge < -0.3 is 14.3 Å². The van der Waals surface area contributed by atoms with Crippen LogP contribution in [0, 0.1) is 0 Å². The molecule has 0 aliphatic carbocycles. The molecule has 0 fully saturated rings. The maximum atomic E-state index is 11.9. The molecule has 2 aromatic heterocycles. The number of benzene rings is 2. The third-order valence-electron chi connectivity index (χ3n) is 5.13. The molecular formula is C24H24ClN3O2. The Morgan fingerprint density at radius 3 is 2.67 bits per heavy atom. The van der Waals surface area contributed by atoms with Gasteiger partial charge in [0.25, 0.3) is 5.91 Å². The van der Waals surface area contributed by atoms with Crippen molar-refractivity contribution in [1.82, 2.24) is 14.9 Å². The van der Waals surface area contributed by atoms with Crippen molar-refractivity contribution < 1.29 is 9.21 Å². The lowest BCUT2D eigenvalue weighted by Gasteiger charge is -2.11. The molecule has 6 heteroatoms. The van der Waals surface area contributed by atoms with Crippen LogP contribution in [0.3, 0.4) is 0 Å². The molecule has 2 heterocycles. The summed E-state index contributed by atoms with van der Waals surface area (Å²) in [5, 5.41) is 3.66. The third kappa shape index (κ3) is 4.74. The van der Waals surface area contributed by atoms with E-state index in [-0.39, 0.29) is 5.91 Å². The van der Waals surface area contributed by atoms with Crippen LogP contribution in [0.1, 0.15) is 41.2 Å². The summed E-state index contributed by atoms with van der Waals surface area (Å²) in [4.78, 5) is 16.7. The molecule has 154 valence electrons. The van der Waals surface area contributed by atoms with Gasteiger partial charge in [0.05, 0.1) is 23.8 Å². The van der Waals surface area contributed by atoms with Gasteiger partial charge in [-0.3, -0.25) is 4.79 Å². The van der Waals surface area contributed by atoms with Gasteiger partial charge in [0.15, 0.2) is 5.76 Å². The molecule has 1 N–H and O–H groups in total. The molecular weight excluding hydrogens is 398 g/mol. The maximum absolute atomic E-state index is 11.9. The number of para-hydroxylation sites is 2. The highest BCUT2D eigenvalue weighted by Crippen LogP contribution is 2.22. The van der Waals surface area contributed by atoms with Gasteiger partial charge >= 0.3 is 0 Å². The molecule has 2 aromatic carbocycles. The van der Waals surface area contributed by atoms with E-state index in [1.165, 1.54) is 6.26 Å². The zero-order valence-corrected chi connectivity index (χ0v) is 17.4. The van der Waals surface area contributed by atoms with Crippen LogP contribution >= 0.6 is 11.6 Å². The minimum absolute atomic E-state index is 0.165.